The van der Waals surface area contributed by atoms with Crippen LogP contribution in [-0.2, 0) is 4.79 Å². The highest BCUT2D eigenvalue weighted by Gasteiger charge is 2.13. The molecule has 0 saturated carbocycles. The maximum Gasteiger partial charge on any atom is 0.262 e. The van der Waals surface area contributed by atoms with Crippen LogP contribution in [0.5, 0.6) is 11.5 Å². The van der Waals surface area contributed by atoms with Crippen LogP contribution in [0.15, 0.2) is 72.8 Å². The predicted molar refractivity (Wildman–Crippen MR) is 113 cm³/mol. The first-order chi connectivity index (χ1) is 14.1. The smallest absolute Gasteiger partial charge is 0.262 e. The Bertz CT molecular complexity index is 1000. The third-order valence-corrected chi connectivity index (χ3v) is 4.23. The molecule has 2 amide bonds. The van der Waals surface area contributed by atoms with Crippen molar-refractivity contribution in [2.45, 2.75) is 6.92 Å². The number of methoxy groups -OCH3 is 1. The zero-order valence-electron chi connectivity index (χ0n) is 16.3. The molecule has 0 spiro atoms. The summed E-state index contributed by atoms with van der Waals surface area (Å²) < 4.78 is 10.8. The number of hydrogen-bond donors (Lipinski definition) is 2. The lowest BCUT2D eigenvalue weighted by Gasteiger charge is -2.14. The molecule has 0 fully saturated rings. The number of aryl methyl sites for hydroxylation is 1. The van der Waals surface area contributed by atoms with E-state index in [4.69, 9.17) is 9.47 Å². The van der Waals surface area contributed by atoms with E-state index in [-0.39, 0.29) is 18.4 Å². The molecule has 3 rings (SSSR count). The fraction of sp³-hybridized carbons (Fsp3) is 0.130. The molecule has 6 heteroatoms. The lowest BCUT2D eigenvalue weighted by atomic mass is 10.1. The Labute approximate surface area is 169 Å². The van der Waals surface area contributed by atoms with E-state index in [1.807, 2.05) is 43.3 Å². The molecule has 2 N–H and O–H groups in total. The number of carbonyl (C=O) groups is 2. The first-order valence-corrected chi connectivity index (χ1v) is 9.09. The molecule has 0 atom stereocenters. The summed E-state index contributed by atoms with van der Waals surface area (Å²) in [5.74, 6) is 0.543. The van der Waals surface area contributed by atoms with Crippen LogP contribution in [0.4, 0.5) is 11.4 Å². The molecule has 0 radical (unpaired) electrons. The van der Waals surface area contributed by atoms with Crippen LogP contribution in [0.2, 0.25) is 0 Å². The van der Waals surface area contributed by atoms with Crippen molar-refractivity contribution in [3.8, 4) is 11.5 Å². The van der Waals surface area contributed by atoms with Crippen LogP contribution in [0, 0.1) is 6.92 Å². The molecule has 0 aliphatic heterocycles. The molecule has 6 nitrogen and oxygen atoms in total. The first-order valence-electron chi connectivity index (χ1n) is 9.09. The Morgan fingerprint density at radius 2 is 1.62 bits per heavy atom. The van der Waals surface area contributed by atoms with Gasteiger partial charge in [-0.1, -0.05) is 36.4 Å². The molecule has 0 unspecified atom stereocenters. The van der Waals surface area contributed by atoms with E-state index in [1.165, 1.54) is 7.11 Å². The summed E-state index contributed by atoms with van der Waals surface area (Å²) in [4.78, 5) is 24.8. The van der Waals surface area contributed by atoms with Crippen molar-refractivity contribution in [2.75, 3.05) is 24.4 Å². The molecule has 0 heterocycles. The number of amides is 2. The second-order valence-electron chi connectivity index (χ2n) is 6.33. The molecule has 148 valence electrons. The summed E-state index contributed by atoms with van der Waals surface area (Å²) in [6, 6.07) is 21.4. The van der Waals surface area contributed by atoms with Crippen LogP contribution in [-0.4, -0.2) is 25.5 Å². The summed E-state index contributed by atoms with van der Waals surface area (Å²) in [6.45, 7) is 1.75. The normalized spacial score (nSPS) is 10.1. The third-order valence-electron chi connectivity index (χ3n) is 4.23. The van der Waals surface area contributed by atoms with Crippen LogP contribution in [0.3, 0.4) is 0 Å². The summed E-state index contributed by atoms with van der Waals surface area (Å²) >= 11 is 0. The van der Waals surface area contributed by atoms with Gasteiger partial charge in [0.25, 0.3) is 11.8 Å². The highest BCUT2D eigenvalue weighted by molar-refractivity contribution is 6.06. The molecule has 0 aromatic heterocycles. The molecular formula is C23H22N2O4. The van der Waals surface area contributed by atoms with Gasteiger partial charge in [-0.25, -0.2) is 0 Å². The lowest BCUT2D eigenvalue weighted by Crippen LogP contribution is -2.20. The van der Waals surface area contributed by atoms with Gasteiger partial charge in [0.1, 0.15) is 11.5 Å². The van der Waals surface area contributed by atoms with Gasteiger partial charge in [0, 0.05) is 11.3 Å². The van der Waals surface area contributed by atoms with E-state index in [2.05, 4.69) is 10.6 Å². The fourth-order valence-corrected chi connectivity index (χ4v) is 2.76. The fourth-order valence-electron chi connectivity index (χ4n) is 2.76. The van der Waals surface area contributed by atoms with Gasteiger partial charge in [0.2, 0.25) is 0 Å². The van der Waals surface area contributed by atoms with Crippen molar-refractivity contribution in [1.82, 2.24) is 0 Å². The van der Waals surface area contributed by atoms with E-state index in [0.717, 1.165) is 5.56 Å². The van der Waals surface area contributed by atoms with Crippen molar-refractivity contribution in [3.63, 3.8) is 0 Å². The van der Waals surface area contributed by atoms with Gasteiger partial charge in [-0.05, 0) is 48.9 Å². The largest absolute Gasteiger partial charge is 0.495 e. The molecule has 0 saturated heterocycles. The Morgan fingerprint density at radius 3 is 2.34 bits per heavy atom. The summed E-state index contributed by atoms with van der Waals surface area (Å²) in [7, 11) is 1.52. The zero-order chi connectivity index (χ0) is 20.6. The number of benzene rings is 3. The summed E-state index contributed by atoms with van der Waals surface area (Å²) in [6.07, 6.45) is 0. The highest BCUT2D eigenvalue weighted by Crippen LogP contribution is 2.28. The van der Waals surface area contributed by atoms with Crippen LogP contribution < -0.4 is 20.1 Å². The Kier molecular flexibility index (Phi) is 6.47. The van der Waals surface area contributed by atoms with Gasteiger partial charge in [0.05, 0.1) is 12.8 Å². The molecular weight excluding hydrogens is 368 g/mol. The van der Waals surface area contributed by atoms with E-state index in [9.17, 15) is 9.59 Å². The number of rotatable bonds is 7. The lowest BCUT2D eigenvalue weighted by molar-refractivity contribution is -0.118. The topological polar surface area (TPSA) is 76.7 Å². The van der Waals surface area contributed by atoms with Crippen molar-refractivity contribution in [2.24, 2.45) is 0 Å². The quantitative estimate of drug-likeness (QED) is 0.632. The second kappa shape index (κ2) is 9.41. The number of hydrogen-bond acceptors (Lipinski definition) is 4. The number of ether oxygens (including phenoxy) is 2. The van der Waals surface area contributed by atoms with E-state index < -0.39 is 0 Å². The van der Waals surface area contributed by atoms with Crippen molar-refractivity contribution < 1.29 is 19.1 Å². The monoisotopic (exact) mass is 390 g/mol. The summed E-state index contributed by atoms with van der Waals surface area (Å²) in [5.41, 5.74) is 2.42. The minimum absolute atomic E-state index is 0.124. The molecule has 0 aliphatic rings. The first kappa shape index (κ1) is 19.9. The molecule has 0 bridgehead atoms. The SMILES string of the molecule is COc1ccc(NC(=O)COc2ccccc2)cc1NC(=O)c1ccccc1C. The second-order valence-corrected chi connectivity index (χ2v) is 6.33. The Hall–Kier alpha value is -3.80. The number of para-hydroxylation sites is 1. The Morgan fingerprint density at radius 1 is 0.897 bits per heavy atom. The van der Waals surface area contributed by atoms with Crippen molar-refractivity contribution in [1.29, 1.82) is 0 Å². The van der Waals surface area contributed by atoms with Crippen LogP contribution in [0.25, 0.3) is 0 Å². The molecule has 3 aromatic rings. The average molecular weight is 390 g/mol. The van der Waals surface area contributed by atoms with Gasteiger partial charge < -0.3 is 20.1 Å². The Balaban J connectivity index is 1.69. The van der Waals surface area contributed by atoms with Crippen LogP contribution in [0.1, 0.15) is 15.9 Å². The third kappa shape index (κ3) is 5.35. The van der Waals surface area contributed by atoms with Gasteiger partial charge in [0.15, 0.2) is 6.61 Å². The maximum absolute atomic E-state index is 12.6. The van der Waals surface area contributed by atoms with Gasteiger partial charge in [-0.15, -0.1) is 0 Å². The van der Waals surface area contributed by atoms with Gasteiger partial charge >= 0.3 is 0 Å². The zero-order valence-corrected chi connectivity index (χ0v) is 16.3. The van der Waals surface area contributed by atoms with E-state index in [0.29, 0.717) is 28.4 Å². The standard InChI is InChI=1S/C23H22N2O4/c1-16-8-6-7-11-19(16)23(27)25-20-14-17(12-13-21(20)28-2)24-22(26)15-29-18-9-4-3-5-10-18/h3-14H,15H2,1-2H3,(H,24,26)(H,25,27). The highest BCUT2D eigenvalue weighted by atomic mass is 16.5. The van der Waals surface area contributed by atoms with E-state index in [1.54, 1.807) is 36.4 Å². The van der Waals surface area contributed by atoms with Crippen LogP contribution >= 0.6 is 0 Å². The molecule has 29 heavy (non-hydrogen) atoms. The average Bonchev–Trinajstić information content (AvgIpc) is 2.73. The number of nitrogens with one attached hydrogen (secondary N) is 2. The van der Waals surface area contributed by atoms with Crippen molar-refractivity contribution >= 4 is 23.2 Å². The maximum atomic E-state index is 12.6. The number of carbonyl (C=O) groups excluding carboxylic acids is 2. The van der Waals surface area contributed by atoms with Gasteiger partial charge in [-0.2, -0.15) is 0 Å². The van der Waals surface area contributed by atoms with Crippen molar-refractivity contribution in [3.05, 3.63) is 83.9 Å². The molecule has 3 aromatic carbocycles. The van der Waals surface area contributed by atoms with E-state index >= 15 is 0 Å². The number of anilines is 2. The summed E-state index contributed by atoms with van der Waals surface area (Å²) in [5, 5.41) is 5.60. The molecule has 0 aliphatic carbocycles. The van der Waals surface area contributed by atoms with Gasteiger partial charge in [-0.3, -0.25) is 9.59 Å². The minimum Gasteiger partial charge on any atom is -0.495 e. The minimum atomic E-state index is -0.310. The predicted octanol–water partition coefficient (Wildman–Crippen LogP) is 4.27.